The second kappa shape index (κ2) is 20.5. The van der Waals surface area contributed by atoms with Crippen LogP contribution in [0, 0.1) is 84.0 Å². The maximum atomic E-state index is 7.18. The Morgan fingerprint density at radius 1 is 0.512 bits per heavy atom. The molecule has 1 aliphatic heterocycles. The molecule has 0 saturated heterocycles. The van der Waals surface area contributed by atoms with Gasteiger partial charge in [0, 0.05) is 77.9 Å². The normalized spacial score (nSPS) is 19.7. The van der Waals surface area contributed by atoms with Crippen LogP contribution in [0.5, 0.6) is 11.5 Å². The summed E-state index contributed by atoms with van der Waals surface area (Å²) in [6, 6.07) is 76.4. The van der Waals surface area contributed by atoms with E-state index in [1.165, 1.54) is 82.2 Å². The number of hydrogen-bond donors (Lipinski definition) is 0. The molecule has 0 radical (unpaired) electrons. The first-order valence-corrected chi connectivity index (χ1v) is 29.2. The van der Waals surface area contributed by atoms with E-state index in [9.17, 15) is 0 Å². The smallest absolute Gasteiger partial charge is 0.135 e. The van der Waals surface area contributed by atoms with Crippen LogP contribution >= 0.6 is 0 Å². The third kappa shape index (κ3) is 8.48. The Labute approximate surface area is 497 Å². The number of anilines is 4. The van der Waals surface area contributed by atoms with Gasteiger partial charge in [0.15, 0.2) is 0 Å². The quantitative estimate of drug-likeness (QED) is 0.128. The molecule has 3 heterocycles. The van der Waals surface area contributed by atoms with Crippen molar-refractivity contribution in [3.05, 3.63) is 258 Å². The number of hydrogen-bond acceptors (Lipinski definition) is 4. The van der Waals surface area contributed by atoms with Gasteiger partial charge in [0.05, 0.1) is 0 Å². The molecule has 0 N–H and O–H groups in total. The van der Waals surface area contributed by atoms with Crippen LogP contribution in [0.25, 0.3) is 61.0 Å². The average Bonchev–Trinajstić information content (AvgIpc) is 1.86. The summed E-state index contributed by atoms with van der Waals surface area (Å²) >= 11 is 0. The maximum absolute atomic E-state index is 7.18. The summed E-state index contributed by atoms with van der Waals surface area (Å²) in [6.45, 7) is 15.8. The molecule has 0 spiro atoms. The van der Waals surface area contributed by atoms with Gasteiger partial charge in [0.1, 0.15) is 5.82 Å². The van der Waals surface area contributed by atoms with Gasteiger partial charge in [0.2, 0.25) is 0 Å². The number of nitrogens with zero attached hydrogens (tertiary/aromatic N) is 4. The molecule has 9 aromatic carbocycles. The number of fused-ring (bicyclic) bond motifs is 4. The maximum Gasteiger partial charge on any atom is 0.135 e. The molecule has 4 saturated carbocycles. The molecule has 0 atom stereocenters. The van der Waals surface area contributed by atoms with Crippen LogP contribution < -0.4 is 14.5 Å². The van der Waals surface area contributed by atoms with E-state index in [-0.39, 0.29) is 26.5 Å². The number of aryl methyl sites for hydroxylation is 5. The molecule has 6 heteroatoms. The molecule has 5 aliphatic rings. The Morgan fingerprint density at radius 3 is 1.78 bits per heavy atom. The van der Waals surface area contributed by atoms with Crippen LogP contribution in [0.4, 0.5) is 22.7 Å². The summed E-state index contributed by atoms with van der Waals surface area (Å²) in [5, 5.41) is 2.27. The zero-order chi connectivity index (χ0) is 54.7. The predicted molar refractivity (Wildman–Crippen MR) is 333 cm³/mol. The van der Waals surface area contributed by atoms with Gasteiger partial charge in [-0.05, 0) is 189 Å². The topological polar surface area (TPSA) is 33.5 Å². The molecule has 2 aromatic heterocycles. The van der Waals surface area contributed by atoms with Crippen LogP contribution in [0.3, 0.4) is 0 Å². The van der Waals surface area contributed by atoms with Crippen molar-refractivity contribution < 1.29 is 25.8 Å². The van der Waals surface area contributed by atoms with E-state index in [0.29, 0.717) is 23.3 Å². The van der Waals surface area contributed by atoms with Crippen LogP contribution in [-0.4, -0.2) is 9.55 Å². The molecular formula is C76H65N4OPt-3. The number of rotatable bonds is 10. The summed E-state index contributed by atoms with van der Waals surface area (Å²) in [6.07, 6.45) is 8.72. The van der Waals surface area contributed by atoms with E-state index in [0.717, 1.165) is 90.0 Å². The Kier molecular flexibility index (Phi) is 13.0. The average molecular weight is 1250 g/mol. The molecule has 16 rings (SSSR count). The van der Waals surface area contributed by atoms with Crippen molar-refractivity contribution in [2.24, 2.45) is 23.7 Å². The van der Waals surface area contributed by atoms with Gasteiger partial charge in [-0.2, -0.15) is 6.07 Å². The molecule has 5 nitrogen and oxygen atoms in total. The third-order valence-corrected chi connectivity index (χ3v) is 19.2. The largest absolute Gasteiger partial charge is 0.509 e. The molecule has 4 fully saturated rings. The van der Waals surface area contributed by atoms with Crippen LogP contribution in [-0.2, 0) is 26.5 Å². The minimum absolute atomic E-state index is 0. The molecular weight excluding hydrogens is 1180 g/mol. The van der Waals surface area contributed by atoms with E-state index in [1.807, 2.05) is 0 Å². The molecule has 82 heavy (non-hydrogen) atoms. The fourth-order valence-corrected chi connectivity index (χ4v) is 15.9. The molecule has 408 valence electrons. The van der Waals surface area contributed by atoms with Gasteiger partial charge in [0.25, 0.3) is 0 Å². The molecule has 11 aromatic rings. The Bertz CT molecular complexity index is 4160. The third-order valence-electron chi connectivity index (χ3n) is 19.2. The summed E-state index contributed by atoms with van der Waals surface area (Å²) in [7, 11) is 0. The van der Waals surface area contributed by atoms with Crippen molar-refractivity contribution in [2.45, 2.75) is 79.1 Å². The van der Waals surface area contributed by atoms with Gasteiger partial charge in [-0.3, -0.25) is 0 Å². The summed E-state index contributed by atoms with van der Waals surface area (Å²) in [5.74, 6) is 5.02. The van der Waals surface area contributed by atoms with Crippen molar-refractivity contribution in [1.82, 2.24) is 9.55 Å². The van der Waals surface area contributed by atoms with Crippen LogP contribution in [0.1, 0.15) is 76.6 Å². The summed E-state index contributed by atoms with van der Waals surface area (Å²) < 4.78 is 9.52. The number of ether oxygens (including phenoxy) is 1. The molecule has 4 aliphatic carbocycles. The minimum Gasteiger partial charge on any atom is -0.509 e. The van der Waals surface area contributed by atoms with Crippen molar-refractivity contribution in [1.29, 1.82) is 0 Å². The number of aromatic nitrogens is 2. The van der Waals surface area contributed by atoms with Crippen molar-refractivity contribution in [3.8, 4) is 50.7 Å². The summed E-state index contributed by atoms with van der Waals surface area (Å²) in [4.78, 5) is 9.92. The number of pyridine rings is 1. The number of para-hydroxylation sites is 4. The minimum atomic E-state index is -0.0719. The first-order valence-electron chi connectivity index (χ1n) is 29.2. The van der Waals surface area contributed by atoms with E-state index in [4.69, 9.17) is 9.72 Å². The number of benzene rings is 9. The van der Waals surface area contributed by atoms with Crippen LogP contribution in [0.15, 0.2) is 194 Å². The van der Waals surface area contributed by atoms with Gasteiger partial charge >= 0.3 is 0 Å². The molecule has 0 amide bonds. The van der Waals surface area contributed by atoms with Gasteiger partial charge < -0.3 is 19.1 Å². The van der Waals surface area contributed by atoms with Gasteiger partial charge in [-0.25, -0.2) is 4.98 Å². The molecule has 0 unspecified atom stereocenters. The second-order valence-corrected chi connectivity index (χ2v) is 24.0. The van der Waals surface area contributed by atoms with E-state index >= 15 is 0 Å². The van der Waals surface area contributed by atoms with Crippen LogP contribution in [0.2, 0.25) is 0 Å². The van der Waals surface area contributed by atoms with E-state index in [1.54, 1.807) is 0 Å². The Morgan fingerprint density at radius 2 is 1.12 bits per heavy atom. The van der Waals surface area contributed by atoms with E-state index < -0.39 is 0 Å². The second-order valence-electron chi connectivity index (χ2n) is 24.0. The van der Waals surface area contributed by atoms with Gasteiger partial charge in [-0.15, -0.1) is 53.6 Å². The Hall–Kier alpha value is -7.98. The molecule has 4 bridgehead atoms. The fraction of sp³-hybridized carbons (Fsp3) is 0.211. The van der Waals surface area contributed by atoms with Crippen molar-refractivity contribution in [2.75, 3.05) is 9.80 Å². The first kappa shape index (κ1) is 52.1. The monoisotopic (exact) mass is 1240 g/mol. The summed E-state index contributed by atoms with van der Waals surface area (Å²) in [5.41, 5.74) is 23.6. The zero-order valence-electron chi connectivity index (χ0n) is 47.4. The van der Waals surface area contributed by atoms with Crippen molar-refractivity contribution >= 4 is 44.6 Å². The Balaban J connectivity index is 0.00000602. The predicted octanol–water partition coefficient (Wildman–Crippen LogP) is 19.6. The fourth-order valence-electron chi connectivity index (χ4n) is 15.9. The first-order chi connectivity index (χ1) is 39.6. The standard InChI is InChI=1S/C76H65N4O.Pt/c1-47-32-50(4)74(51(5)33-47)57-41-62(78-46-79(71-27-16-15-26-70(71)78)75-65(55-18-9-7-10-19-55)23-17-24-66(75)56-20-11-8-12-21-56)44-64(42-57)81-63-28-29-68-67-22-13-14-25-69(67)80(72(68)45-63)73-43-58(30-31-77-73)76(59-34-48(2)52(6)49(3)35-59)60-37-53-36-54(39-60)40-61(76)38-53;/h7-35,41-43,46,53-54,60-61H,36-40H2,1-6H3;/q-3;. The van der Waals surface area contributed by atoms with E-state index in [2.05, 4.69) is 269 Å². The SMILES string of the molecule is Cc1cc(C)c(-c2cc(Oc3[c-]c4c(cc3)c3ccccc3n4-c3cc(C4(c5cc(C)c(C)c(C)c5)C5CC6CC(C5)CC4C6)ccn3)[c-]c(N3[CH-]N(c4c(-c5ccccc5)cccc4-c4ccccc4)c4ccccc43)c2)c(C)c1.[Pt]. The zero-order valence-corrected chi connectivity index (χ0v) is 49.7. The van der Waals surface area contributed by atoms with Gasteiger partial charge in [-0.1, -0.05) is 145 Å². The van der Waals surface area contributed by atoms with Crippen molar-refractivity contribution in [3.63, 3.8) is 0 Å².